The Labute approximate surface area is 148 Å². The number of likely N-dealkylation sites (tertiary alicyclic amines) is 1. The van der Waals surface area contributed by atoms with Crippen LogP contribution in [0.3, 0.4) is 0 Å². The molecule has 134 valence electrons. The molecule has 1 saturated heterocycles. The standard InChI is InChI=1S/C19H25N3O3/c1-3-22-9-14(7-20-22)8-21-10-17-16-5-4-15(24-2)6-18(16)25-13-19(17,11-21)12-23/h4-7,9,17,23H,3,8,10-13H2,1-2H3/t17-,19-/m0/s1. The normalized spacial score (nSPS) is 25.3. The number of aromatic nitrogens is 2. The molecular weight excluding hydrogens is 318 g/mol. The van der Waals surface area contributed by atoms with Crippen molar-refractivity contribution in [1.29, 1.82) is 0 Å². The van der Waals surface area contributed by atoms with Crippen LogP contribution in [0.25, 0.3) is 0 Å². The minimum atomic E-state index is -0.234. The fourth-order valence-electron chi connectivity index (χ4n) is 4.17. The van der Waals surface area contributed by atoms with Gasteiger partial charge in [-0.3, -0.25) is 9.58 Å². The average Bonchev–Trinajstić information content (AvgIpc) is 3.25. The fraction of sp³-hybridized carbons (Fsp3) is 0.526. The van der Waals surface area contributed by atoms with Crippen LogP contribution in [0.4, 0.5) is 0 Å². The van der Waals surface area contributed by atoms with Gasteiger partial charge in [-0.15, -0.1) is 0 Å². The van der Waals surface area contributed by atoms with Crippen molar-refractivity contribution in [3.05, 3.63) is 41.7 Å². The maximum Gasteiger partial charge on any atom is 0.126 e. The Bertz CT molecular complexity index is 760. The summed E-state index contributed by atoms with van der Waals surface area (Å²) in [6, 6.07) is 6.01. The van der Waals surface area contributed by atoms with Gasteiger partial charge in [-0.1, -0.05) is 6.07 Å². The summed E-state index contributed by atoms with van der Waals surface area (Å²) in [6.45, 7) is 6.24. The molecule has 3 heterocycles. The molecule has 0 aliphatic carbocycles. The van der Waals surface area contributed by atoms with E-state index in [0.29, 0.717) is 6.61 Å². The van der Waals surface area contributed by atoms with Gasteiger partial charge in [0, 0.05) is 55.3 Å². The van der Waals surface area contributed by atoms with E-state index in [1.807, 2.05) is 23.0 Å². The second-order valence-electron chi connectivity index (χ2n) is 7.14. The monoisotopic (exact) mass is 343 g/mol. The number of hydrogen-bond acceptors (Lipinski definition) is 5. The van der Waals surface area contributed by atoms with Crippen molar-refractivity contribution >= 4 is 0 Å². The van der Waals surface area contributed by atoms with Crippen molar-refractivity contribution in [2.75, 3.05) is 33.4 Å². The van der Waals surface area contributed by atoms with E-state index in [0.717, 1.165) is 37.7 Å². The van der Waals surface area contributed by atoms with E-state index in [2.05, 4.69) is 29.2 Å². The smallest absolute Gasteiger partial charge is 0.126 e. The Morgan fingerprint density at radius 1 is 1.44 bits per heavy atom. The van der Waals surface area contributed by atoms with Crippen LogP contribution in [0, 0.1) is 5.41 Å². The number of ether oxygens (including phenoxy) is 2. The Kier molecular flexibility index (Phi) is 4.17. The molecule has 0 radical (unpaired) electrons. The maximum atomic E-state index is 10.2. The molecule has 6 heteroatoms. The first kappa shape index (κ1) is 16.4. The molecule has 0 bridgehead atoms. The van der Waals surface area contributed by atoms with Crippen molar-refractivity contribution in [2.24, 2.45) is 5.41 Å². The Morgan fingerprint density at radius 3 is 3.04 bits per heavy atom. The predicted octanol–water partition coefficient (Wildman–Crippen LogP) is 1.88. The summed E-state index contributed by atoms with van der Waals surface area (Å²) in [5.74, 6) is 1.96. The van der Waals surface area contributed by atoms with Gasteiger partial charge in [0.25, 0.3) is 0 Å². The quantitative estimate of drug-likeness (QED) is 0.898. The van der Waals surface area contributed by atoms with Crippen molar-refractivity contribution in [3.63, 3.8) is 0 Å². The molecule has 6 nitrogen and oxygen atoms in total. The highest BCUT2D eigenvalue weighted by Crippen LogP contribution is 2.50. The first-order valence-electron chi connectivity index (χ1n) is 8.83. The molecule has 4 rings (SSSR count). The zero-order valence-electron chi connectivity index (χ0n) is 14.8. The topological polar surface area (TPSA) is 59.8 Å². The van der Waals surface area contributed by atoms with Gasteiger partial charge in [-0.2, -0.15) is 5.10 Å². The first-order chi connectivity index (χ1) is 12.2. The average molecular weight is 343 g/mol. The van der Waals surface area contributed by atoms with E-state index in [9.17, 15) is 5.11 Å². The van der Waals surface area contributed by atoms with Gasteiger partial charge in [0.1, 0.15) is 11.5 Å². The summed E-state index contributed by atoms with van der Waals surface area (Å²) >= 11 is 0. The van der Waals surface area contributed by atoms with Crippen LogP contribution in [-0.2, 0) is 13.1 Å². The van der Waals surface area contributed by atoms with E-state index in [1.165, 1.54) is 11.1 Å². The van der Waals surface area contributed by atoms with E-state index in [4.69, 9.17) is 9.47 Å². The number of hydrogen-bond donors (Lipinski definition) is 1. The molecule has 0 saturated carbocycles. The van der Waals surface area contributed by atoms with Gasteiger partial charge >= 0.3 is 0 Å². The van der Waals surface area contributed by atoms with Gasteiger partial charge in [0.2, 0.25) is 0 Å². The molecule has 0 amide bonds. The molecule has 1 aromatic heterocycles. The summed E-state index contributed by atoms with van der Waals surface area (Å²) in [5, 5.41) is 14.5. The van der Waals surface area contributed by atoms with Gasteiger partial charge in [0.05, 0.1) is 26.5 Å². The lowest BCUT2D eigenvalue weighted by atomic mass is 9.74. The van der Waals surface area contributed by atoms with Crippen molar-refractivity contribution < 1.29 is 14.6 Å². The number of aryl methyl sites for hydroxylation is 1. The number of benzene rings is 1. The first-order valence-corrected chi connectivity index (χ1v) is 8.83. The zero-order valence-corrected chi connectivity index (χ0v) is 14.8. The number of methoxy groups -OCH3 is 1. The zero-order chi connectivity index (χ0) is 17.4. The van der Waals surface area contributed by atoms with E-state index in [1.54, 1.807) is 7.11 Å². The van der Waals surface area contributed by atoms with Crippen LogP contribution in [0.5, 0.6) is 11.5 Å². The minimum absolute atomic E-state index is 0.133. The molecule has 25 heavy (non-hydrogen) atoms. The summed E-state index contributed by atoms with van der Waals surface area (Å²) < 4.78 is 13.3. The largest absolute Gasteiger partial charge is 0.497 e. The lowest BCUT2D eigenvalue weighted by Crippen LogP contribution is -2.42. The lowest BCUT2D eigenvalue weighted by Gasteiger charge is -2.38. The Balaban J connectivity index is 1.58. The number of aliphatic hydroxyl groups is 1. The molecule has 2 aliphatic rings. The maximum absolute atomic E-state index is 10.2. The number of rotatable bonds is 5. The number of aliphatic hydroxyl groups excluding tert-OH is 1. The van der Waals surface area contributed by atoms with Crippen LogP contribution in [0.2, 0.25) is 0 Å². The van der Waals surface area contributed by atoms with Crippen LogP contribution in [0.1, 0.15) is 24.0 Å². The van der Waals surface area contributed by atoms with Crippen LogP contribution < -0.4 is 9.47 Å². The van der Waals surface area contributed by atoms with E-state index >= 15 is 0 Å². The van der Waals surface area contributed by atoms with Crippen LogP contribution >= 0.6 is 0 Å². The molecule has 1 aromatic carbocycles. The van der Waals surface area contributed by atoms with Gasteiger partial charge in [-0.25, -0.2) is 0 Å². The van der Waals surface area contributed by atoms with Gasteiger partial charge in [-0.05, 0) is 18.6 Å². The highest BCUT2D eigenvalue weighted by Gasteiger charge is 2.50. The fourth-order valence-corrected chi connectivity index (χ4v) is 4.17. The van der Waals surface area contributed by atoms with Crippen LogP contribution in [-0.4, -0.2) is 53.2 Å². The third-order valence-corrected chi connectivity index (χ3v) is 5.56. The van der Waals surface area contributed by atoms with Crippen molar-refractivity contribution in [3.8, 4) is 11.5 Å². The van der Waals surface area contributed by atoms with Gasteiger partial charge < -0.3 is 14.6 Å². The van der Waals surface area contributed by atoms with Crippen LogP contribution in [0.15, 0.2) is 30.6 Å². The van der Waals surface area contributed by atoms with E-state index in [-0.39, 0.29) is 17.9 Å². The van der Waals surface area contributed by atoms with Gasteiger partial charge in [0.15, 0.2) is 0 Å². The van der Waals surface area contributed by atoms with Crippen molar-refractivity contribution in [1.82, 2.24) is 14.7 Å². The van der Waals surface area contributed by atoms with Crippen molar-refractivity contribution in [2.45, 2.75) is 25.9 Å². The Hall–Kier alpha value is -2.05. The molecule has 2 aromatic rings. The molecule has 1 N–H and O–H groups in total. The molecule has 2 aliphatic heterocycles. The second kappa shape index (κ2) is 6.35. The highest BCUT2D eigenvalue weighted by molar-refractivity contribution is 5.46. The predicted molar refractivity (Wildman–Crippen MR) is 93.9 cm³/mol. The molecule has 1 fully saturated rings. The molecular formula is C19H25N3O3. The number of nitrogens with zero attached hydrogens (tertiary/aromatic N) is 3. The molecule has 0 spiro atoms. The summed E-state index contributed by atoms with van der Waals surface area (Å²) in [5.41, 5.74) is 2.15. The minimum Gasteiger partial charge on any atom is -0.497 e. The third kappa shape index (κ3) is 2.79. The lowest BCUT2D eigenvalue weighted by molar-refractivity contribution is 0.0456. The number of fused-ring (bicyclic) bond motifs is 3. The molecule has 2 atom stereocenters. The Morgan fingerprint density at radius 2 is 2.32 bits per heavy atom. The third-order valence-electron chi connectivity index (χ3n) is 5.56. The summed E-state index contributed by atoms with van der Waals surface area (Å²) in [4.78, 5) is 2.40. The molecule has 0 unspecified atom stereocenters. The second-order valence-corrected chi connectivity index (χ2v) is 7.14. The SMILES string of the molecule is CCn1cc(CN2C[C@H]3c4ccc(OC)cc4OC[C@@]3(CO)C2)cn1. The highest BCUT2D eigenvalue weighted by atomic mass is 16.5. The summed E-state index contributed by atoms with van der Waals surface area (Å²) in [7, 11) is 1.66. The summed E-state index contributed by atoms with van der Waals surface area (Å²) in [6.07, 6.45) is 4.04. The van der Waals surface area contributed by atoms with E-state index < -0.39 is 0 Å².